The number of thioether (sulfide) groups is 1. The molecule has 0 aliphatic heterocycles. The Morgan fingerprint density at radius 1 is 1.28 bits per heavy atom. The molecule has 0 bridgehead atoms. The first kappa shape index (κ1) is 17.4. The van der Waals surface area contributed by atoms with Crippen LogP contribution in [0.2, 0.25) is 5.02 Å². The first-order valence-electron chi connectivity index (χ1n) is 7.61. The fraction of sp³-hybridized carbons (Fsp3) is 0.111. The van der Waals surface area contributed by atoms with Gasteiger partial charge < -0.3 is 11.2 Å². The van der Waals surface area contributed by atoms with Crippen molar-refractivity contribution in [2.45, 2.75) is 12.1 Å². The number of carbonyl (C=O) groups is 1. The van der Waals surface area contributed by atoms with Gasteiger partial charge in [0.2, 0.25) is 5.91 Å². The van der Waals surface area contributed by atoms with E-state index in [1.54, 1.807) is 12.3 Å². The topological polar surface area (TPSA) is 72.9 Å². The number of nitrogens with two attached hydrogens (primary N) is 1. The van der Waals surface area contributed by atoms with Crippen molar-refractivity contribution >= 4 is 35.0 Å². The number of aromatic nitrogens is 2. The number of rotatable bonds is 5. The van der Waals surface area contributed by atoms with E-state index in [4.69, 9.17) is 17.4 Å². The van der Waals surface area contributed by atoms with Crippen molar-refractivity contribution in [2.75, 3.05) is 16.9 Å². The molecule has 25 heavy (non-hydrogen) atoms. The Kier molecular flexibility index (Phi) is 5.31. The highest BCUT2D eigenvalue weighted by Gasteiger charge is 2.12. The number of carbonyl (C=O) groups excluding carboxylic acids is 1. The monoisotopic (exact) mass is 372 g/mol. The van der Waals surface area contributed by atoms with Gasteiger partial charge in [-0.1, -0.05) is 59.8 Å². The number of aryl methyl sites for hydroxylation is 1. The summed E-state index contributed by atoms with van der Waals surface area (Å²) < 4.78 is 1.43. The Morgan fingerprint density at radius 3 is 2.76 bits per heavy atom. The third-order valence-corrected chi connectivity index (χ3v) is 4.78. The van der Waals surface area contributed by atoms with Crippen molar-refractivity contribution < 1.29 is 4.79 Å². The van der Waals surface area contributed by atoms with Crippen molar-refractivity contribution in [1.29, 1.82) is 0 Å². The van der Waals surface area contributed by atoms with Gasteiger partial charge in [-0.15, -0.1) is 0 Å². The van der Waals surface area contributed by atoms with Gasteiger partial charge in [-0.05, 0) is 24.6 Å². The minimum Gasteiger partial charge on any atom is -0.337 e. The van der Waals surface area contributed by atoms with Crippen molar-refractivity contribution in [1.82, 2.24) is 9.66 Å². The number of hydrogen-bond acceptors (Lipinski definition) is 4. The average molecular weight is 373 g/mol. The molecule has 2 aromatic carbocycles. The van der Waals surface area contributed by atoms with E-state index in [1.807, 2.05) is 49.4 Å². The van der Waals surface area contributed by atoms with E-state index in [-0.39, 0.29) is 11.7 Å². The van der Waals surface area contributed by atoms with Gasteiger partial charge in [0, 0.05) is 5.56 Å². The molecule has 3 N–H and O–H groups in total. The Labute approximate surface area is 155 Å². The number of imidazole rings is 1. The molecule has 3 rings (SSSR count). The van der Waals surface area contributed by atoms with Crippen LogP contribution in [0.15, 0.2) is 59.9 Å². The maximum Gasteiger partial charge on any atom is 0.234 e. The lowest BCUT2D eigenvalue weighted by Gasteiger charge is -2.07. The van der Waals surface area contributed by atoms with Crippen molar-refractivity contribution in [3.63, 3.8) is 0 Å². The zero-order chi connectivity index (χ0) is 17.8. The van der Waals surface area contributed by atoms with Crippen molar-refractivity contribution in [3.05, 3.63) is 65.3 Å². The van der Waals surface area contributed by atoms with E-state index in [1.165, 1.54) is 16.4 Å². The van der Waals surface area contributed by atoms with Gasteiger partial charge in [0.25, 0.3) is 0 Å². The zero-order valence-corrected chi connectivity index (χ0v) is 15.1. The third kappa shape index (κ3) is 4.35. The summed E-state index contributed by atoms with van der Waals surface area (Å²) in [5.74, 6) is 5.96. The summed E-state index contributed by atoms with van der Waals surface area (Å²) in [4.78, 5) is 16.6. The van der Waals surface area contributed by atoms with E-state index in [9.17, 15) is 4.79 Å². The van der Waals surface area contributed by atoms with Crippen LogP contribution in [0.5, 0.6) is 0 Å². The summed E-state index contributed by atoms with van der Waals surface area (Å²) in [6, 6.07) is 15.2. The molecule has 0 saturated heterocycles. The Hall–Kier alpha value is -2.44. The van der Waals surface area contributed by atoms with Gasteiger partial charge in [0.15, 0.2) is 5.16 Å². The second-order valence-corrected chi connectivity index (χ2v) is 6.85. The van der Waals surface area contributed by atoms with Crippen LogP contribution in [0, 0.1) is 6.92 Å². The highest BCUT2D eigenvalue weighted by atomic mass is 35.5. The van der Waals surface area contributed by atoms with E-state index >= 15 is 0 Å². The summed E-state index contributed by atoms with van der Waals surface area (Å²) >= 11 is 7.40. The lowest BCUT2D eigenvalue weighted by molar-refractivity contribution is -0.113. The largest absolute Gasteiger partial charge is 0.337 e. The maximum absolute atomic E-state index is 12.1. The van der Waals surface area contributed by atoms with Gasteiger partial charge in [-0.25, -0.2) is 9.66 Å². The molecule has 5 nitrogen and oxygen atoms in total. The summed E-state index contributed by atoms with van der Waals surface area (Å²) in [5.41, 5.74) is 3.38. The van der Waals surface area contributed by atoms with Gasteiger partial charge in [0.05, 0.1) is 28.4 Å². The van der Waals surface area contributed by atoms with E-state index in [0.29, 0.717) is 15.9 Å². The van der Waals surface area contributed by atoms with Crippen LogP contribution < -0.4 is 11.2 Å². The number of benzene rings is 2. The Balaban J connectivity index is 1.63. The smallest absolute Gasteiger partial charge is 0.234 e. The minimum atomic E-state index is -0.167. The number of anilines is 1. The highest BCUT2D eigenvalue weighted by molar-refractivity contribution is 7.99. The fourth-order valence-corrected chi connectivity index (χ4v) is 3.25. The molecule has 0 radical (unpaired) electrons. The number of amides is 1. The number of hydrogen-bond donors (Lipinski definition) is 2. The van der Waals surface area contributed by atoms with E-state index in [2.05, 4.69) is 10.3 Å². The first-order valence-corrected chi connectivity index (χ1v) is 8.98. The predicted molar refractivity (Wildman–Crippen MR) is 103 cm³/mol. The molecule has 128 valence electrons. The molecule has 0 aliphatic carbocycles. The van der Waals surface area contributed by atoms with Crippen LogP contribution in [0.4, 0.5) is 5.69 Å². The van der Waals surface area contributed by atoms with E-state index in [0.717, 1.165) is 16.8 Å². The standard InChI is InChI=1S/C18H17ClN4OS/c1-12-7-8-15(14(19)9-12)21-17(24)11-25-18-22-16(10-23(18)20)13-5-3-2-4-6-13/h2-10H,11,20H2,1H3,(H,21,24). The normalized spacial score (nSPS) is 10.6. The molecule has 0 aliphatic rings. The number of nitrogen functional groups attached to an aromatic ring is 1. The van der Waals surface area contributed by atoms with Crippen LogP contribution in [-0.4, -0.2) is 21.3 Å². The number of nitrogens with zero attached hydrogens (tertiary/aromatic N) is 2. The summed E-state index contributed by atoms with van der Waals surface area (Å²) in [6.07, 6.45) is 1.74. The van der Waals surface area contributed by atoms with Gasteiger partial charge >= 0.3 is 0 Å². The highest BCUT2D eigenvalue weighted by Crippen LogP contribution is 2.25. The zero-order valence-electron chi connectivity index (χ0n) is 13.6. The van der Waals surface area contributed by atoms with Crippen LogP contribution in [-0.2, 0) is 4.79 Å². The second kappa shape index (κ2) is 7.63. The molecular weight excluding hydrogens is 356 g/mol. The number of nitrogens with one attached hydrogen (secondary N) is 1. The lowest BCUT2D eigenvalue weighted by Crippen LogP contribution is -2.16. The van der Waals surface area contributed by atoms with Gasteiger partial charge in [-0.3, -0.25) is 4.79 Å². The molecule has 0 fully saturated rings. The SMILES string of the molecule is Cc1ccc(NC(=O)CSc2nc(-c3ccccc3)cn2N)c(Cl)c1. The van der Waals surface area contributed by atoms with Crippen molar-refractivity contribution in [2.24, 2.45) is 0 Å². The maximum atomic E-state index is 12.1. The van der Waals surface area contributed by atoms with Gasteiger partial charge in [-0.2, -0.15) is 0 Å². The second-order valence-electron chi connectivity index (χ2n) is 5.50. The van der Waals surface area contributed by atoms with Crippen LogP contribution in [0.1, 0.15) is 5.56 Å². The first-order chi connectivity index (χ1) is 12.0. The fourth-order valence-electron chi connectivity index (χ4n) is 2.27. The third-order valence-electron chi connectivity index (χ3n) is 3.50. The molecule has 7 heteroatoms. The predicted octanol–water partition coefficient (Wildman–Crippen LogP) is 3.96. The molecule has 0 saturated carbocycles. The van der Waals surface area contributed by atoms with Crippen LogP contribution >= 0.6 is 23.4 Å². The molecule has 1 heterocycles. The Bertz CT molecular complexity index is 895. The minimum absolute atomic E-state index is 0.167. The van der Waals surface area contributed by atoms with Crippen LogP contribution in [0.25, 0.3) is 11.3 Å². The molecule has 1 amide bonds. The average Bonchev–Trinajstić information content (AvgIpc) is 2.97. The molecular formula is C18H17ClN4OS. The molecule has 0 atom stereocenters. The lowest BCUT2D eigenvalue weighted by atomic mass is 10.2. The van der Waals surface area contributed by atoms with Crippen molar-refractivity contribution in [3.8, 4) is 11.3 Å². The quantitative estimate of drug-likeness (QED) is 0.525. The van der Waals surface area contributed by atoms with Crippen LogP contribution in [0.3, 0.4) is 0 Å². The van der Waals surface area contributed by atoms with Gasteiger partial charge in [0.1, 0.15) is 0 Å². The Morgan fingerprint density at radius 2 is 2.04 bits per heavy atom. The summed E-state index contributed by atoms with van der Waals surface area (Å²) in [7, 11) is 0. The molecule has 1 aromatic heterocycles. The summed E-state index contributed by atoms with van der Waals surface area (Å²) in [6.45, 7) is 1.94. The number of halogens is 1. The molecule has 3 aromatic rings. The molecule has 0 unspecified atom stereocenters. The summed E-state index contributed by atoms with van der Waals surface area (Å²) in [5, 5.41) is 3.89. The molecule has 0 spiro atoms. The van der Waals surface area contributed by atoms with E-state index < -0.39 is 0 Å².